The van der Waals surface area contributed by atoms with Crippen LogP contribution in [-0.4, -0.2) is 53.6 Å². The van der Waals surface area contributed by atoms with Crippen LogP contribution < -0.4 is 5.32 Å². The van der Waals surface area contributed by atoms with Crippen LogP contribution in [0.1, 0.15) is 20.8 Å². The van der Waals surface area contributed by atoms with Crippen LogP contribution in [0.5, 0.6) is 0 Å². The summed E-state index contributed by atoms with van der Waals surface area (Å²) in [5.74, 6) is -5.54. The van der Waals surface area contributed by atoms with E-state index in [1.165, 1.54) is 27.8 Å². The number of aliphatic carboxylic acids is 1. The Morgan fingerprint density at radius 2 is 1.67 bits per heavy atom. The average molecular weight is 312 g/mol. The molecule has 2 N–H and O–H groups in total. The molecule has 2 atom stereocenters. The van der Waals surface area contributed by atoms with Crippen molar-refractivity contribution in [3.63, 3.8) is 0 Å². The van der Waals surface area contributed by atoms with Gasteiger partial charge in [0.2, 0.25) is 5.91 Å². The van der Waals surface area contributed by atoms with E-state index in [-0.39, 0.29) is 6.54 Å². The van der Waals surface area contributed by atoms with E-state index in [0.29, 0.717) is 0 Å². The predicted octanol–water partition coefficient (Wildman–Crippen LogP) is 0.869. The van der Waals surface area contributed by atoms with Crippen LogP contribution in [0.2, 0.25) is 0 Å². The molecule has 6 nitrogen and oxygen atoms in total. The molecule has 0 aliphatic rings. The number of nitrogens with one attached hydrogen (secondary N) is 1. The van der Waals surface area contributed by atoms with Gasteiger partial charge in [-0.3, -0.25) is 14.4 Å². The van der Waals surface area contributed by atoms with E-state index in [1.807, 2.05) is 0 Å². The number of hydrogen-bond donors (Lipinski definition) is 2. The van der Waals surface area contributed by atoms with Gasteiger partial charge in [0.25, 0.3) is 0 Å². The molecule has 0 aliphatic heterocycles. The summed E-state index contributed by atoms with van der Waals surface area (Å²) in [5.41, 5.74) is 0. The molecule has 0 aromatic rings. The van der Waals surface area contributed by atoms with E-state index in [9.17, 15) is 27.6 Å². The molecule has 0 spiro atoms. The first-order chi connectivity index (χ1) is 9.37. The van der Waals surface area contributed by atoms with Crippen molar-refractivity contribution in [2.24, 2.45) is 11.8 Å². The summed E-state index contributed by atoms with van der Waals surface area (Å²) >= 11 is 0. The molecule has 0 saturated carbocycles. The second-order valence-corrected chi connectivity index (χ2v) is 5.15. The molecule has 0 aromatic carbocycles. The highest BCUT2D eigenvalue weighted by Gasteiger charge is 2.41. The number of alkyl halides is 3. The molecular weight excluding hydrogens is 293 g/mol. The monoisotopic (exact) mass is 312 g/mol. The largest absolute Gasteiger partial charge is 0.481 e. The number of amides is 2. The van der Waals surface area contributed by atoms with Crippen molar-refractivity contribution in [3.8, 4) is 0 Å². The molecule has 21 heavy (non-hydrogen) atoms. The van der Waals surface area contributed by atoms with Crippen molar-refractivity contribution in [3.05, 3.63) is 0 Å². The number of nitrogens with zero attached hydrogens (tertiary/aromatic N) is 1. The van der Waals surface area contributed by atoms with Gasteiger partial charge in [0.05, 0.1) is 5.92 Å². The summed E-state index contributed by atoms with van der Waals surface area (Å²) in [5, 5.41) is 10.4. The summed E-state index contributed by atoms with van der Waals surface area (Å²) in [6, 6.07) is -1.37. The second-order valence-electron chi connectivity index (χ2n) is 5.15. The lowest BCUT2D eigenvalue weighted by Gasteiger charge is -2.28. The molecule has 0 heterocycles. The standard InChI is InChI=1S/C12H19F3N2O4/c1-6(2)8(16-11(21)12(13,14)15)9(18)17(4)5-7(3)10(19)20/h6-8H,5H2,1-4H3,(H,16,21)(H,19,20)/t7?,8-/m0/s1. The van der Waals surface area contributed by atoms with E-state index in [2.05, 4.69) is 0 Å². The minimum atomic E-state index is -5.08. The lowest BCUT2D eigenvalue weighted by molar-refractivity contribution is -0.175. The first-order valence-electron chi connectivity index (χ1n) is 6.23. The van der Waals surface area contributed by atoms with Crippen LogP contribution in [0.4, 0.5) is 13.2 Å². The van der Waals surface area contributed by atoms with E-state index < -0.39 is 41.8 Å². The number of likely N-dealkylation sites (N-methyl/N-ethyl adjacent to an activating group) is 1. The van der Waals surface area contributed by atoms with Crippen LogP contribution >= 0.6 is 0 Å². The lowest BCUT2D eigenvalue weighted by atomic mass is 10.0. The van der Waals surface area contributed by atoms with Crippen molar-refractivity contribution in [1.29, 1.82) is 0 Å². The summed E-state index contributed by atoms with van der Waals surface area (Å²) in [6.07, 6.45) is -5.08. The fourth-order valence-electron chi connectivity index (χ4n) is 1.55. The van der Waals surface area contributed by atoms with Gasteiger partial charge in [-0.25, -0.2) is 0 Å². The third-order valence-electron chi connectivity index (χ3n) is 2.82. The third kappa shape index (κ3) is 6.01. The molecular formula is C12H19F3N2O4. The molecule has 0 radical (unpaired) electrons. The first-order valence-corrected chi connectivity index (χ1v) is 6.23. The summed E-state index contributed by atoms with van der Waals surface area (Å²) in [4.78, 5) is 34.7. The van der Waals surface area contributed by atoms with Crippen LogP contribution in [-0.2, 0) is 14.4 Å². The Labute approximate surface area is 120 Å². The van der Waals surface area contributed by atoms with Crippen molar-refractivity contribution < 1.29 is 32.7 Å². The molecule has 122 valence electrons. The number of rotatable bonds is 6. The molecule has 0 fully saturated rings. The summed E-state index contributed by atoms with van der Waals surface area (Å²) in [7, 11) is 1.27. The summed E-state index contributed by atoms with van der Waals surface area (Å²) in [6.45, 7) is 4.16. The fraction of sp³-hybridized carbons (Fsp3) is 0.750. The summed E-state index contributed by atoms with van der Waals surface area (Å²) < 4.78 is 36.7. The minimum absolute atomic E-state index is 0.167. The first kappa shape index (κ1) is 19.2. The van der Waals surface area contributed by atoms with Crippen LogP contribution in [0.15, 0.2) is 0 Å². The van der Waals surface area contributed by atoms with Gasteiger partial charge in [0.15, 0.2) is 0 Å². The Kier molecular flexibility index (Phi) is 6.65. The molecule has 0 aromatic heterocycles. The van der Waals surface area contributed by atoms with Gasteiger partial charge in [-0.05, 0) is 5.92 Å². The van der Waals surface area contributed by atoms with Gasteiger partial charge in [-0.2, -0.15) is 13.2 Å². The SMILES string of the molecule is CC(CN(C)C(=O)[C@@H](NC(=O)C(F)(F)F)C(C)C)C(=O)O. The van der Waals surface area contributed by atoms with Gasteiger partial charge in [0, 0.05) is 13.6 Å². The zero-order valence-corrected chi connectivity index (χ0v) is 12.2. The van der Waals surface area contributed by atoms with Gasteiger partial charge in [0.1, 0.15) is 6.04 Å². The normalized spacial score (nSPS) is 14.5. The Morgan fingerprint density at radius 3 is 2.00 bits per heavy atom. The number of carboxylic acids is 1. The van der Waals surface area contributed by atoms with E-state index in [4.69, 9.17) is 5.11 Å². The highest BCUT2D eigenvalue weighted by molar-refractivity contribution is 5.90. The molecule has 2 amide bonds. The number of hydrogen-bond acceptors (Lipinski definition) is 3. The van der Waals surface area contributed by atoms with Crippen molar-refractivity contribution >= 4 is 17.8 Å². The number of halogens is 3. The smallest absolute Gasteiger partial charge is 0.471 e. The highest BCUT2D eigenvalue weighted by atomic mass is 19.4. The number of carbonyl (C=O) groups is 3. The highest BCUT2D eigenvalue weighted by Crippen LogP contribution is 2.16. The predicted molar refractivity (Wildman–Crippen MR) is 67.3 cm³/mol. The van der Waals surface area contributed by atoms with Gasteiger partial charge < -0.3 is 15.3 Å². The maximum atomic E-state index is 12.2. The second kappa shape index (κ2) is 7.28. The number of carbonyl (C=O) groups excluding carboxylic acids is 2. The van der Waals surface area contributed by atoms with Crippen molar-refractivity contribution in [2.75, 3.05) is 13.6 Å². The maximum absolute atomic E-state index is 12.2. The molecule has 1 unspecified atom stereocenters. The van der Waals surface area contributed by atoms with Gasteiger partial charge in [-0.1, -0.05) is 20.8 Å². The zero-order chi connectivity index (χ0) is 17.0. The van der Waals surface area contributed by atoms with Crippen molar-refractivity contribution in [2.45, 2.75) is 33.0 Å². The molecule has 0 aliphatic carbocycles. The molecule has 0 bridgehead atoms. The van der Waals surface area contributed by atoms with E-state index >= 15 is 0 Å². The molecule has 0 saturated heterocycles. The zero-order valence-electron chi connectivity index (χ0n) is 12.2. The average Bonchev–Trinajstić information content (AvgIpc) is 2.32. The van der Waals surface area contributed by atoms with E-state index in [1.54, 1.807) is 5.32 Å². The van der Waals surface area contributed by atoms with Crippen LogP contribution in [0.25, 0.3) is 0 Å². The molecule has 9 heteroatoms. The Balaban J connectivity index is 4.92. The minimum Gasteiger partial charge on any atom is -0.481 e. The Morgan fingerprint density at radius 1 is 1.19 bits per heavy atom. The topological polar surface area (TPSA) is 86.7 Å². The van der Waals surface area contributed by atoms with Gasteiger partial charge >= 0.3 is 18.1 Å². The molecule has 0 rings (SSSR count). The van der Waals surface area contributed by atoms with Crippen molar-refractivity contribution in [1.82, 2.24) is 10.2 Å². The van der Waals surface area contributed by atoms with Crippen LogP contribution in [0, 0.1) is 11.8 Å². The van der Waals surface area contributed by atoms with E-state index in [0.717, 1.165) is 4.90 Å². The maximum Gasteiger partial charge on any atom is 0.471 e. The Bertz CT molecular complexity index is 410. The third-order valence-corrected chi connectivity index (χ3v) is 2.82. The van der Waals surface area contributed by atoms with Crippen LogP contribution in [0.3, 0.4) is 0 Å². The fourth-order valence-corrected chi connectivity index (χ4v) is 1.55. The quantitative estimate of drug-likeness (QED) is 0.762. The number of carboxylic acid groups (broad SMARTS) is 1. The lowest BCUT2D eigenvalue weighted by Crippen LogP contribution is -2.54. The Hall–Kier alpha value is -1.80. The van der Waals surface area contributed by atoms with Gasteiger partial charge in [-0.15, -0.1) is 0 Å².